The number of hydrogen-bond acceptors (Lipinski definition) is 4. The first-order valence-electron chi connectivity index (χ1n) is 5.47. The Labute approximate surface area is 90.5 Å². The van der Waals surface area contributed by atoms with Crippen LogP contribution in [0.25, 0.3) is 0 Å². The predicted molar refractivity (Wildman–Crippen MR) is 58.3 cm³/mol. The Morgan fingerprint density at radius 2 is 2.07 bits per heavy atom. The molecule has 1 saturated heterocycles. The molecular formula is C10H19N5. The zero-order chi connectivity index (χ0) is 10.8. The Hall–Kier alpha value is -0.940. The fourth-order valence-electron chi connectivity index (χ4n) is 2.26. The van der Waals surface area contributed by atoms with Crippen molar-refractivity contribution >= 4 is 0 Å². The Morgan fingerprint density at radius 1 is 1.40 bits per heavy atom. The summed E-state index contributed by atoms with van der Waals surface area (Å²) in [4.78, 5) is 4.04. The molecular weight excluding hydrogens is 190 g/mol. The van der Waals surface area contributed by atoms with Gasteiger partial charge in [-0.3, -0.25) is 4.90 Å². The van der Waals surface area contributed by atoms with Crippen LogP contribution >= 0.6 is 0 Å². The van der Waals surface area contributed by atoms with Crippen molar-refractivity contribution in [2.24, 2.45) is 7.05 Å². The van der Waals surface area contributed by atoms with Gasteiger partial charge in [-0.15, -0.1) is 0 Å². The minimum atomic E-state index is 0.561. The van der Waals surface area contributed by atoms with E-state index in [9.17, 15) is 0 Å². The number of rotatable bonds is 2. The van der Waals surface area contributed by atoms with Gasteiger partial charge in [0.05, 0.1) is 11.9 Å². The Kier molecular flexibility index (Phi) is 3.02. The average Bonchev–Trinajstić information content (AvgIpc) is 2.49. The molecule has 1 aromatic rings. The van der Waals surface area contributed by atoms with Gasteiger partial charge < -0.3 is 5.32 Å². The molecule has 0 aromatic carbocycles. The molecule has 2 heterocycles. The van der Waals surface area contributed by atoms with Crippen LogP contribution in [0.3, 0.4) is 0 Å². The van der Waals surface area contributed by atoms with E-state index in [4.69, 9.17) is 0 Å². The lowest BCUT2D eigenvalue weighted by Gasteiger charge is -2.35. The van der Waals surface area contributed by atoms with E-state index in [-0.39, 0.29) is 0 Å². The monoisotopic (exact) mass is 209 g/mol. The minimum Gasteiger partial charge on any atom is -0.309 e. The van der Waals surface area contributed by atoms with Gasteiger partial charge in [0.15, 0.2) is 0 Å². The predicted octanol–water partition coefficient (Wildman–Crippen LogP) is -0.00270. The second-order valence-corrected chi connectivity index (χ2v) is 4.49. The van der Waals surface area contributed by atoms with Crippen molar-refractivity contribution in [3.05, 3.63) is 11.9 Å². The molecule has 1 fully saturated rings. The maximum Gasteiger partial charge on any atom is 0.0967 e. The van der Waals surface area contributed by atoms with Gasteiger partial charge in [0.2, 0.25) is 0 Å². The molecule has 2 atom stereocenters. The van der Waals surface area contributed by atoms with Crippen LogP contribution in [0.2, 0.25) is 0 Å². The molecule has 0 amide bonds. The molecule has 1 N–H and O–H groups in total. The highest BCUT2D eigenvalue weighted by Crippen LogP contribution is 2.07. The van der Waals surface area contributed by atoms with Gasteiger partial charge in [-0.2, -0.15) is 15.0 Å². The molecule has 1 aliphatic rings. The van der Waals surface area contributed by atoms with Gasteiger partial charge in [-0.25, -0.2) is 0 Å². The van der Waals surface area contributed by atoms with Gasteiger partial charge >= 0.3 is 0 Å². The molecule has 5 nitrogen and oxygen atoms in total. The molecule has 0 aliphatic carbocycles. The summed E-state index contributed by atoms with van der Waals surface area (Å²) in [5.74, 6) is 0. The van der Waals surface area contributed by atoms with Gasteiger partial charge in [-0.1, -0.05) is 0 Å². The van der Waals surface area contributed by atoms with E-state index >= 15 is 0 Å². The lowest BCUT2D eigenvalue weighted by atomic mass is 10.1. The van der Waals surface area contributed by atoms with Crippen molar-refractivity contribution in [2.75, 3.05) is 13.1 Å². The van der Waals surface area contributed by atoms with Crippen molar-refractivity contribution in [1.82, 2.24) is 25.2 Å². The smallest absolute Gasteiger partial charge is 0.0967 e. The summed E-state index contributed by atoms with van der Waals surface area (Å²) >= 11 is 0. The summed E-state index contributed by atoms with van der Waals surface area (Å²) in [5, 5.41) is 11.9. The van der Waals surface area contributed by atoms with Gasteiger partial charge in [0.1, 0.15) is 0 Å². The van der Waals surface area contributed by atoms with Gasteiger partial charge in [0.25, 0.3) is 0 Å². The normalized spacial score (nSPS) is 28.2. The standard InChI is InChI=1S/C10H19N5/c1-8-5-15(6-9(2)12-8)7-10-4-11-14(3)13-10/h4,8-9,12H,5-7H2,1-3H3. The van der Waals surface area contributed by atoms with Crippen molar-refractivity contribution in [3.63, 3.8) is 0 Å². The number of hydrogen-bond donors (Lipinski definition) is 1. The summed E-state index contributed by atoms with van der Waals surface area (Å²) in [5.41, 5.74) is 1.05. The highest BCUT2D eigenvalue weighted by molar-refractivity contribution is 4.93. The Morgan fingerprint density at radius 3 is 2.60 bits per heavy atom. The molecule has 0 spiro atoms. The zero-order valence-corrected chi connectivity index (χ0v) is 9.64. The van der Waals surface area contributed by atoms with E-state index in [1.54, 1.807) is 4.80 Å². The molecule has 0 bridgehead atoms. The third-order valence-corrected chi connectivity index (χ3v) is 2.67. The first-order chi connectivity index (χ1) is 7.13. The Bertz CT molecular complexity index is 311. The highest BCUT2D eigenvalue weighted by atomic mass is 15.5. The minimum absolute atomic E-state index is 0.561. The molecule has 2 unspecified atom stereocenters. The van der Waals surface area contributed by atoms with Crippen molar-refractivity contribution in [1.29, 1.82) is 0 Å². The number of nitrogens with zero attached hydrogens (tertiary/aromatic N) is 4. The number of aryl methyl sites for hydroxylation is 1. The average molecular weight is 209 g/mol. The molecule has 1 aliphatic heterocycles. The van der Waals surface area contributed by atoms with E-state index in [0.717, 1.165) is 25.3 Å². The van der Waals surface area contributed by atoms with Crippen LogP contribution in [0.5, 0.6) is 0 Å². The van der Waals surface area contributed by atoms with Gasteiger partial charge in [0, 0.05) is 38.8 Å². The van der Waals surface area contributed by atoms with Crippen LogP contribution in [-0.2, 0) is 13.6 Å². The van der Waals surface area contributed by atoms with Gasteiger partial charge in [-0.05, 0) is 13.8 Å². The molecule has 5 heteroatoms. The summed E-state index contributed by atoms with van der Waals surface area (Å²) in [7, 11) is 1.85. The van der Waals surface area contributed by atoms with Crippen LogP contribution in [0.1, 0.15) is 19.5 Å². The second kappa shape index (κ2) is 4.28. The first-order valence-corrected chi connectivity index (χ1v) is 5.47. The van der Waals surface area contributed by atoms with E-state index in [2.05, 4.69) is 34.3 Å². The maximum atomic E-state index is 4.30. The lowest BCUT2D eigenvalue weighted by molar-refractivity contribution is 0.164. The third-order valence-electron chi connectivity index (χ3n) is 2.67. The molecule has 2 rings (SSSR count). The first kappa shape index (κ1) is 10.6. The summed E-state index contributed by atoms with van der Waals surface area (Å²) in [6.45, 7) is 7.52. The summed E-state index contributed by atoms with van der Waals surface area (Å²) in [6.07, 6.45) is 1.84. The molecule has 0 saturated carbocycles. The van der Waals surface area contributed by atoms with Crippen LogP contribution in [0, 0.1) is 0 Å². The zero-order valence-electron chi connectivity index (χ0n) is 9.64. The van der Waals surface area contributed by atoms with Crippen molar-refractivity contribution in [2.45, 2.75) is 32.5 Å². The molecule has 0 radical (unpaired) electrons. The summed E-state index contributed by atoms with van der Waals surface area (Å²) in [6, 6.07) is 1.12. The second-order valence-electron chi connectivity index (χ2n) is 4.49. The number of nitrogens with one attached hydrogen (secondary N) is 1. The molecule has 1 aromatic heterocycles. The fourth-order valence-corrected chi connectivity index (χ4v) is 2.26. The Balaban J connectivity index is 1.94. The SMILES string of the molecule is CC1CN(Cc2cnn(C)n2)CC(C)N1. The van der Waals surface area contributed by atoms with E-state index in [1.165, 1.54) is 0 Å². The third kappa shape index (κ3) is 2.76. The van der Waals surface area contributed by atoms with Crippen LogP contribution < -0.4 is 5.32 Å². The largest absolute Gasteiger partial charge is 0.309 e. The fraction of sp³-hybridized carbons (Fsp3) is 0.800. The lowest BCUT2D eigenvalue weighted by Crippen LogP contribution is -2.53. The summed E-state index contributed by atoms with van der Waals surface area (Å²) < 4.78 is 0. The number of aromatic nitrogens is 3. The van der Waals surface area contributed by atoms with E-state index in [0.29, 0.717) is 12.1 Å². The van der Waals surface area contributed by atoms with Crippen molar-refractivity contribution < 1.29 is 0 Å². The van der Waals surface area contributed by atoms with Crippen molar-refractivity contribution in [3.8, 4) is 0 Å². The highest BCUT2D eigenvalue weighted by Gasteiger charge is 2.21. The van der Waals surface area contributed by atoms with Crippen LogP contribution in [-0.4, -0.2) is 45.1 Å². The quantitative estimate of drug-likeness (QED) is 0.744. The number of piperazine rings is 1. The molecule has 15 heavy (non-hydrogen) atoms. The maximum absolute atomic E-state index is 4.30. The topological polar surface area (TPSA) is 46.0 Å². The van der Waals surface area contributed by atoms with Crippen LogP contribution in [0.4, 0.5) is 0 Å². The molecule has 84 valence electrons. The van der Waals surface area contributed by atoms with E-state index < -0.39 is 0 Å². The van der Waals surface area contributed by atoms with E-state index in [1.807, 2.05) is 13.2 Å². The van der Waals surface area contributed by atoms with Crippen LogP contribution in [0.15, 0.2) is 6.20 Å².